The van der Waals surface area contributed by atoms with E-state index < -0.39 is 52.0 Å². The topological polar surface area (TPSA) is 74.7 Å². The van der Waals surface area contributed by atoms with Gasteiger partial charge in [0.15, 0.2) is 23.3 Å². The van der Waals surface area contributed by atoms with Crippen molar-refractivity contribution in [2.45, 2.75) is 50.7 Å². The summed E-state index contributed by atoms with van der Waals surface area (Å²) in [5, 5.41) is 15.2. The molecule has 10 heteroatoms. The van der Waals surface area contributed by atoms with E-state index in [4.69, 9.17) is 4.74 Å². The van der Waals surface area contributed by atoms with Gasteiger partial charge >= 0.3 is 0 Å². The molecule has 1 fully saturated rings. The van der Waals surface area contributed by atoms with E-state index in [1.54, 1.807) is 12.1 Å². The number of aromatic nitrogens is 1. The summed E-state index contributed by atoms with van der Waals surface area (Å²) < 4.78 is 64.3. The van der Waals surface area contributed by atoms with Crippen molar-refractivity contribution in [1.29, 1.82) is 0 Å². The molecule has 1 amide bonds. The predicted molar refractivity (Wildman–Crippen MR) is 169 cm³/mol. The van der Waals surface area contributed by atoms with Gasteiger partial charge in [-0.1, -0.05) is 30.9 Å². The zero-order valence-electron chi connectivity index (χ0n) is 26.2. The van der Waals surface area contributed by atoms with Crippen molar-refractivity contribution in [2.75, 3.05) is 20.7 Å². The Bertz CT molecular complexity index is 1830. The number of pyridine rings is 1. The number of halogens is 4. The molecule has 2 aromatic carbocycles. The first-order chi connectivity index (χ1) is 21.8. The minimum absolute atomic E-state index is 0.0285. The number of nitrogens with zero attached hydrogens (tertiary/aromatic N) is 2. The van der Waals surface area contributed by atoms with Gasteiger partial charge in [-0.2, -0.15) is 0 Å². The number of aliphatic hydroxyl groups is 1. The number of methoxy groups -OCH3 is 1. The van der Waals surface area contributed by atoms with Crippen LogP contribution in [0.2, 0.25) is 0 Å². The van der Waals surface area contributed by atoms with Crippen molar-refractivity contribution in [1.82, 2.24) is 15.2 Å². The van der Waals surface area contributed by atoms with Crippen LogP contribution in [-0.4, -0.2) is 47.6 Å². The predicted octanol–water partition coefficient (Wildman–Crippen LogP) is 5.43. The van der Waals surface area contributed by atoms with E-state index in [2.05, 4.69) is 21.8 Å². The molecule has 2 aliphatic carbocycles. The average Bonchev–Trinajstić information content (AvgIpc) is 3.88. The minimum Gasteiger partial charge on any atom is -0.496 e. The Morgan fingerprint density at radius 3 is 2.52 bits per heavy atom. The molecule has 2 unspecified atom stereocenters. The molecular formula is C36H37F4N3O3. The Morgan fingerprint density at radius 2 is 1.89 bits per heavy atom. The van der Waals surface area contributed by atoms with Crippen LogP contribution in [0.15, 0.2) is 54.6 Å². The molecule has 0 aliphatic heterocycles. The number of rotatable bonds is 10. The average molecular weight is 636 g/mol. The van der Waals surface area contributed by atoms with Gasteiger partial charge in [-0.25, -0.2) is 22.5 Å². The summed E-state index contributed by atoms with van der Waals surface area (Å²) in [7, 11) is 3.48. The lowest BCUT2D eigenvalue weighted by molar-refractivity contribution is 0.0742. The second-order valence-corrected chi connectivity index (χ2v) is 12.3. The molecular weight excluding hydrogens is 598 g/mol. The lowest BCUT2D eigenvalue weighted by Gasteiger charge is -2.28. The van der Waals surface area contributed by atoms with Gasteiger partial charge in [0.05, 0.1) is 12.7 Å². The fourth-order valence-electron chi connectivity index (χ4n) is 5.65. The van der Waals surface area contributed by atoms with Crippen LogP contribution in [0.5, 0.6) is 5.75 Å². The van der Waals surface area contributed by atoms with Crippen LogP contribution in [0, 0.1) is 29.2 Å². The van der Waals surface area contributed by atoms with Gasteiger partial charge in [0, 0.05) is 64.6 Å². The summed E-state index contributed by atoms with van der Waals surface area (Å²) in [6, 6.07) is 6.77. The molecule has 3 aromatic rings. The van der Waals surface area contributed by atoms with E-state index in [1.165, 1.54) is 27.0 Å². The SMILES string of the molecule is C=c1c(OC)cc(C(=O)NCC(c2cc(C(C)(C)O)c(F)c(-c3ccc(F)c(F)c3F)n2)C2C=CC=CC2)c/c1=C/N(C)C1CC1. The zero-order chi connectivity index (χ0) is 33.3. The number of amides is 1. The van der Waals surface area contributed by atoms with E-state index in [0.29, 0.717) is 35.1 Å². The maximum absolute atomic E-state index is 15.8. The van der Waals surface area contributed by atoms with Gasteiger partial charge < -0.3 is 20.1 Å². The van der Waals surface area contributed by atoms with Crippen LogP contribution in [-0.2, 0) is 5.60 Å². The van der Waals surface area contributed by atoms with Crippen LogP contribution < -0.4 is 20.5 Å². The van der Waals surface area contributed by atoms with Crippen molar-refractivity contribution in [3.05, 3.63) is 105 Å². The van der Waals surface area contributed by atoms with Gasteiger partial charge in [-0.3, -0.25) is 4.79 Å². The highest BCUT2D eigenvalue weighted by molar-refractivity contribution is 5.94. The molecule has 242 valence electrons. The summed E-state index contributed by atoms with van der Waals surface area (Å²) in [5.41, 5.74) is -2.55. The molecule has 0 spiro atoms. The second kappa shape index (κ2) is 13.1. The van der Waals surface area contributed by atoms with Gasteiger partial charge in [-0.05, 0) is 69.4 Å². The number of benzene rings is 2. The van der Waals surface area contributed by atoms with Gasteiger partial charge in [0.2, 0.25) is 0 Å². The highest BCUT2D eigenvalue weighted by Crippen LogP contribution is 2.37. The Labute approximate surface area is 265 Å². The molecule has 0 bridgehead atoms. The summed E-state index contributed by atoms with van der Waals surface area (Å²) in [4.78, 5) is 20.1. The number of hydrogen-bond acceptors (Lipinski definition) is 5. The quantitative estimate of drug-likeness (QED) is 0.230. The number of carbonyl (C=O) groups is 1. The first kappa shape index (κ1) is 32.9. The summed E-state index contributed by atoms with van der Waals surface area (Å²) in [6.07, 6.45) is 12.3. The molecule has 2 aliphatic rings. The second-order valence-electron chi connectivity index (χ2n) is 12.3. The van der Waals surface area contributed by atoms with Gasteiger partial charge in [-0.15, -0.1) is 0 Å². The number of carbonyl (C=O) groups excluding carboxylic acids is 1. The monoisotopic (exact) mass is 635 g/mol. The van der Waals surface area contributed by atoms with E-state index in [1.807, 2.05) is 37.6 Å². The largest absolute Gasteiger partial charge is 0.496 e. The Kier molecular flexibility index (Phi) is 9.39. The lowest BCUT2D eigenvalue weighted by atomic mass is 9.82. The standard InChI is InChI=1S/C36H37F4N3O3/c1-20-23(19-43(4)24-11-12-24)15-22(16-30(20)46-5)35(44)41-18-26(21-9-7-6-8-10-21)29-17-27(36(2,3)45)32(39)34(42-29)25-13-14-28(37)33(40)31(25)38/h6-9,13-17,19,21,24,26,45H,1,10-12,18H2,2-5H3,(H,41,44)/b23-19-. The van der Waals surface area contributed by atoms with Crippen LogP contribution in [0.4, 0.5) is 17.6 Å². The minimum atomic E-state index is -1.76. The van der Waals surface area contributed by atoms with Crippen molar-refractivity contribution < 1.29 is 32.2 Å². The molecule has 1 saturated carbocycles. The summed E-state index contributed by atoms with van der Waals surface area (Å²) in [5.74, 6) is -6.62. The number of hydrogen-bond donors (Lipinski definition) is 2. The first-order valence-electron chi connectivity index (χ1n) is 15.1. The highest BCUT2D eigenvalue weighted by Gasteiger charge is 2.32. The molecule has 2 atom stereocenters. The summed E-state index contributed by atoms with van der Waals surface area (Å²) in [6.45, 7) is 6.87. The normalized spacial score (nSPS) is 17.2. The van der Waals surface area contributed by atoms with Crippen LogP contribution in [0.1, 0.15) is 60.6 Å². The van der Waals surface area contributed by atoms with Crippen LogP contribution in [0.25, 0.3) is 24.0 Å². The van der Waals surface area contributed by atoms with Crippen LogP contribution >= 0.6 is 0 Å². The lowest BCUT2D eigenvalue weighted by Crippen LogP contribution is -2.35. The van der Waals surface area contributed by atoms with E-state index >= 15 is 4.39 Å². The Balaban J connectivity index is 1.55. The van der Waals surface area contributed by atoms with Crippen molar-refractivity contribution in [2.24, 2.45) is 5.92 Å². The van der Waals surface area contributed by atoms with E-state index in [9.17, 15) is 23.1 Å². The highest BCUT2D eigenvalue weighted by atomic mass is 19.2. The number of ether oxygens (including phenoxy) is 1. The molecule has 0 radical (unpaired) electrons. The summed E-state index contributed by atoms with van der Waals surface area (Å²) >= 11 is 0. The maximum Gasteiger partial charge on any atom is 0.251 e. The third-order valence-electron chi connectivity index (χ3n) is 8.51. The third kappa shape index (κ3) is 6.87. The first-order valence-corrected chi connectivity index (χ1v) is 15.1. The molecule has 1 heterocycles. The third-order valence-corrected chi connectivity index (χ3v) is 8.51. The van der Waals surface area contributed by atoms with E-state index in [-0.39, 0.29) is 23.7 Å². The van der Waals surface area contributed by atoms with Crippen molar-refractivity contribution in [3.63, 3.8) is 0 Å². The zero-order valence-corrected chi connectivity index (χ0v) is 26.2. The number of allylic oxidation sites excluding steroid dienone is 4. The molecule has 6 nitrogen and oxygen atoms in total. The van der Waals surface area contributed by atoms with Crippen molar-refractivity contribution in [3.8, 4) is 17.0 Å². The Hall–Kier alpha value is -4.44. The van der Waals surface area contributed by atoms with Gasteiger partial charge in [0.1, 0.15) is 11.4 Å². The molecule has 5 rings (SSSR count). The Morgan fingerprint density at radius 1 is 1.15 bits per heavy atom. The fourth-order valence-corrected chi connectivity index (χ4v) is 5.65. The molecule has 2 N–H and O–H groups in total. The molecule has 0 saturated heterocycles. The molecule has 1 aromatic heterocycles. The van der Waals surface area contributed by atoms with E-state index in [0.717, 1.165) is 24.1 Å². The maximum atomic E-state index is 15.8. The fraction of sp³-hybridized carbons (Fsp3) is 0.333. The number of nitrogens with one attached hydrogen (secondary N) is 1. The smallest absolute Gasteiger partial charge is 0.251 e. The van der Waals surface area contributed by atoms with Crippen molar-refractivity contribution >= 4 is 18.7 Å². The van der Waals surface area contributed by atoms with Crippen LogP contribution in [0.3, 0.4) is 0 Å². The molecule has 46 heavy (non-hydrogen) atoms. The van der Waals surface area contributed by atoms with Gasteiger partial charge in [0.25, 0.3) is 5.91 Å².